The highest BCUT2D eigenvalue weighted by Crippen LogP contribution is 2.31. The van der Waals surface area contributed by atoms with E-state index in [1.165, 1.54) is 20.0 Å². The third-order valence-electron chi connectivity index (χ3n) is 4.21. The van der Waals surface area contributed by atoms with Crippen molar-refractivity contribution in [2.24, 2.45) is 0 Å². The van der Waals surface area contributed by atoms with E-state index in [2.05, 4.69) is 4.90 Å². The Morgan fingerprint density at radius 2 is 1.95 bits per heavy atom. The van der Waals surface area contributed by atoms with Crippen LogP contribution in [0.3, 0.4) is 0 Å². The molecule has 1 aromatic carbocycles. The van der Waals surface area contributed by atoms with Crippen molar-refractivity contribution >= 4 is 23.2 Å². The Labute approximate surface area is 129 Å². The molecule has 5 nitrogen and oxygen atoms in total. The molecule has 1 heterocycles. The first-order chi connectivity index (χ1) is 10.1. The van der Waals surface area contributed by atoms with Crippen LogP contribution in [-0.4, -0.2) is 55.0 Å². The monoisotopic (exact) mass is 309 g/mol. The van der Waals surface area contributed by atoms with Crippen LogP contribution in [0, 0.1) is 0 Å². The van der Waals surface area contributed by atoms with Crippen molar-refractivity contribution in [1.82, 2.24) is 9.80 Å². The number of carbonyl (C=O) groups excluding carboxylic acids is 1. The molecule has 1 amide bonds. The summed E-state index contributed by atoms with van der Waals surface area (Å²) in [5.41, 5.74) is 6.66. The number of ether oxygens (including phenoxy) is 1. The number of nitrogen functional groups attached to an aromatic ring is 1. The molecule has 0 atom stereocenters. The maximum absolute atomic E-state index is 12.7. The number of nitrogens with zero attached hydrogens (tertiary/aromatic N) is 2. The number of hydrogen-bond donors (Lipinski definition) is 1. The van der Waals surface area contributed by atoms with Crippen LogP contribution in [0.4, 0.5) is 5.69 Å². The summed E-state index contributed by atoms with van der Waals surface area (Å²) in [6, 6.07) is 3.96. The van der Waals surface area contributed by atoms with E-state index in [0.717, 1.165) is 32.2 Å². The van der Waals surface area contributed by atoms with Crippen molar-refractivity contribution in [3.05, 3.63) is 22.7 Å². The van der Waals surface area contributed by atoms with Crippen molar-refractivity contribution < 1.29 is 9.53 Å². The topological polar surface area (TPSA) is 58.8 Å². The number of nitrogens with two attached hydrogens (primary N) is 1. The maximum Gasteiger partial charge on any atom is 0.257 e. The van der Waals surface area contributed by atoms with Crippen LogP contribution >= 0.6 is 11.6 Å². The second-order valence-corrected chi connectivity index (χ2v) is 6.04. The summed E-state index contributed by atoms with van der Waals surface area (Å²) < 4.78 is 5.27. The van der Waals surface area contributed by atoms with Gasteiger partial charge < -0.3 is 15.4 Å². The Hall–Kier alpha value is -1.46. The summed E-state index contributed by atoms with van der Waals surface area (Å²) in [6.07, 6.45) is 2.60. The smallest absolute Gasteiger partial charge is 0.257 e. The SMILES string of the molecule is COc1cc(N)c(Cl)cc1C(=O)N1CCN(C2CC2)CC1. The minimum absolute atomic E-state index is 0.0378. The molecule has 1 aromatic rings. The largest absolute Gasteiger partial charge is 0.496 e. The fourth-order valence-corrected chi connectivity index (χ4v) is 2.97. The molecule has 1 aliphatic carbocycles. The quantitative estimate of drug-likeness (QED) is 0.866. The molecule has 2 aliphatic rings. The number of carbonyl (C=O) groups is 1. The van der Waals surface area contributed by atoms with Gasteiger partial charge >= 0.3 is 0 Å². The van der Waals surface area contributed by atoms with Gasteiger partial charge in [-0.25, -0.2) is 0 Å². The van der Waals surface area contributed by atoms with Crippen LogP contribution < -0.4 is 10.5 Å². The normalized spacial score (nSPS) is 19.6. The first-order valence-electron chi connectivity index (χ1n) is 7.26. The summed E-state index contributed by atoms with van der Waals surface area (Å²) in [5, 5.41) is 0.385. The highest BCUT2D eigenvalue weighted by Gasteiger charge is 2.33. The molecule has 1 aliphatic heterocycles. The van der Waals surface area contributed by atoms with Gasteiger partial charge in [0.25, 0.3) is 5.91 Å². The van der Waals surface area contributed by atoms with Crippen LogP contribution in [0.25, 0.3) is 0 Å². The highest BCUT2D eigenvalue weighted by atomic mass is 35.5. The Kier molecular flexibility index (Phi) is 3.95. The first kappa shape index (κ1) is 14.5. The molecule has 1 saturated heterocycles. The number of halogens is 1. The van der Waals surface area contributed by atoms with Crippen LogP contribution in [0.5, 0.6) is 5.75 Å². The Bertz CT molecular complexity index is 552. The van der Waals surface area contributed by atoms with Gasteiger partial charge in [-0.1, -0.05) is 11.6 Å². The van der Waals surface area contributed by atoms with Crippen molar-refractivity contribution in [2.45, 2.75) is 18.9 Å². The van der Waals surface area contributed by atoms with Crippen molar-refractivity contribution in [2.75, 3.05) is 39.0 Å². The lowest BCUT2D eigenvalue weighted by molar-refractivity contribution is 0.0624. The molecule has 21 heavy (non-hydrogen) atoms. The summed E-state index contributed by atoms with van der Waals surface area (Å²) in [7, 11) is 1.53. The molecule has 1 saturated carbocycles. The zero-order valence-corrected chi connectivity index (χ0v) is 12.9. The zero-order chi connectivity index (χ0) is 15.0. The molecule has 0 bridgehead atoms. The number of anilines is 1. The van der Waals surface area contributed by atoms with Gasteiger partial charge in [0.15, 0.2) is 0 Å². The van der Waals surface area contributed by atoms with Gasteiger partial charge in [0.2, 0.25) is 0 Å². The molecule has 0 spiro atoms. The van der Waals surface area contributed by atoms with Crippen LogP contribution in [-0.2, 0) is 0 Å². The molecule has 2 fully saturated rings. The number of methoxy groups -OCH3 is 1. The molecule has 6 heteroatoms. The number of benzene rings is 1. The van der Waals surface area contributed by atoms with Crippen LogP contribution in [0.1, 0.15) is 23.2 Å². The number of piperazine rings is 1. The van der Waals surface area contributed by atoms with Gasteiger partial charge in [-0.05, 0) is 18.9 Å². The average molecular weight is 310 g/mol. The third kappa shape index (κ3) is 2.94. The summed E-state index contributed by atoms with van der Waals surface area (Å²) in [6.45, 7) is 3.39. The predicted octanol–water partition coefficient (Wildman–Crippen LogP) is 1.85. The Morgan fingerprint density at radius 1 is 1.29 bits per heavy atom. The lowest BCUT2D eigenvalue weighted by Gasteiger charge is -2.35. The summed E-state index contributed by atoms with van der Waals surface area (Å²) in [4.78, 5) is 17.0. The first-order valence-corrected chi connectivity index (χ1v) is 7.64. The molecular formula is C15H20ClN3O2. The number of hydrogen-bond acceptors (Lipinski definition) is 4. The minimum Gasteiger partial charge on any atom is -0.496 e. The summed E-state index contributed by atoms with van der Waals surface area (Å²) >= 11 is 6.04. The van der Waals surface area contributed by atoms with E-state index in [-0.39, 0.29) is 5.91 Å². The molecular weight excluding hydrogens is 290 g/mol. The number of rotatable bonds is 3. The van der Waals surface area contributed by atoms with Crippen LogP contribution in [0.2, 0.25) is 5.02 Å². The summed E-state index contributed by atoms with van der Waals surface area (Å²) in [5.74, 6) is 0.440. The second kappa shape index (κ2) is 5.73. The molecule has 0 aromatic heterocycles. The van der Waals surface area contributed by atoms with Gasteiger partial charge in [-0.2, -0.15) is 0 Å². The Morgan fingerprint density at radius 3 is 2.52 bits per heavy atom. The van der Waals surface area contributed by atoms with Crippen LogP contribution in [0.15, 0.2) is 12.1 Å². The lowest BCUT2D eigenvalue weighted by Crippen LogP contribution is -2.49. The van der Waals surface area contributed by atoms with Gasteiger partial charge in [0.1, 0.15) is 5.75 Å². The average Bonchev–Trinajstić information content (AvgIpc) is 3.34. The fraction of sp³-hybridized carbons (Fsp3) is 0.533. The molecule has 114 valence electrons. The molecule has 3 rings (SSSR count). The van der Waals surface area contributed by atoms with Crippen molar-refractivity contribution in [1.29, 1.82) is 0 Å². The molecule has 0 radical (unpaired) electrons. The molecule has 2 N–H and O–H groups in total. The highest BCUT2D eigenvalue weighted by molar-refractivity contribution is 6.33. The molecule has 0 unspecified atom stereocenters. The van der Waals surface area contributed by atoms with E-state index in [0.29, 0.717) is 22.0 Å². The minimum atomic E-state index is -0.0378. The van der Waals surface area contributed by atoms with Crippen molar-refractivity contribution in [3.8, 4) is 5.75 Å². The van der Waals surface area contributed by atoms with Gasteiger partial charge in [0.05, 0.1) is 23.4 Å². The van der Waals surface area contributed by atoms with E-state index < -0.39 is 0 Å². The van der Waals surface area contributed by atoms with Gasteiger partial charge in [-0.15, -0.1) is 0 Å². The van der Waals surface area contributed by atoms with E-state index in [9.17, 15) is 4.79 Å². The third-order valence-corrected chi connectivity index (χ3v) is 4.54. The van der Waals surface area contributed by atoms with E-state index in [1.54, 1.807) is 12.1 Å². The van der Waals surface area contributed by atoms with Gasteiger partial charge in [-0.3, -0.25) is 9.69 Å². The second-order valence-electron chi connectivity index (χ2n) is 5.63. The predicted molar refractivity (Wildman–Crippen MR) is 82.9 cm³/mol. The van der Waals surface area contributed by atoms with Gasteiger partial charge in [0, 0.05) is 38.3 Å². The van der Waals surface area contributed by atoms with E-state index >= 15 is 0 Å². The lowest BCUT2D eigenvalue weighted by atomic mass is 10.1. The fourth-order valence-electron chi connectivity index (χ4n) is 2.81. The zero-order valence-electron chi connectivity index (χ0n) is 12.1. The van der Waals surface area contributed by atoms with E-state index in [1.807, 2.05) is 4.90 Å². The Balaban J connectivity index is 1.74. The standard InChI is InChI=1S/C15H20ClN3O2/c1-21-14-9-13(17)12(16)8-11(14)15(20)19-6-4-18(5-7-19)10-2-3-10/h8-10H,2-7,17H2,1H3. The van der Waals surface area contributed by atoms with Crippen molar-refractivity contribution in [3.63, 3.8) is 0 Å². The maximum atomic E-state index is 12.7. The van der Waals surface area contributed by atoms with E-state index in [4.69, 9.17) is 22.1 Å². The number of amides is 1.